The second-order valence-electron chi connectivity index (χ2n) is 3.68. The van der Waals surface area contributed by atoms with Crippen LogP contribution in [0.5, 0.6) is 0 Å². The van der Waals surface area contributed by atoms with Gasteiger partial charge in [0.25, 0.3) is 0 Å². The molecular formula is C12H22N4O. The Kier molecular flexibility index (Phi) is 6.50. The largest absolute Gasteiger partial charge is 0.380 e. The maximum Gasteiger partial charge on any atom is 0.147 e. The average molecular weight is 238 g/mol. The summed E-state index contributed by atoms with van der Waals surface area (Å²) in [7, 11) is 1.90. The number of likely N-dealkylation sites (N-methyl/N-ethyl adjacent to an activating group) is 1. The molecule has 0 aliphatic carbocycles. The molecule has 0 spiro atoms. The summed E-state index contributed by atoms with van der Waals surface area (Å²) in [5.74, 6) is 0.917. The molecular weight excluding hydrogens is 216 g/mol. The van der Waals surface area contributed by atoms with E-state index < -0.39 is 0 Å². The molecule has 0 radical (unpaired) electrons. The molecule has 0 unspecified atom stereocenters. The number of hydrogen-bond acceptors (Lipinski definition) is 5. The van der Waals surface area contributed by atoms with Gasteiger partial charge in [-0.3, -0.25) is 4.98 Å². The predicted molar refractivity (Wildman–Crippen MR) is 69.2 cm³/mol. The standard InChI is InChI=1S/C12H22N4O/c1-4-16(6-7-17-5-2)12-10-14-9-11(15-12)8-13-3/h9-10,13H,4-8H2,1-3H3. The Balaban J connectivity index is 2.63. The first-order chi connectivity index (χ1) is 8.31. The van der Waals surface area contributed by atoms with Gasteiger partial charge in [0.2, 0.25) is 0 Å². The van der Waals surface area contributed by atoms with Crippen molar-refractivity contribution >= 4 is 5.82 Å². The van der Waals surface area contributed by atoms with E-state index in [4.69, 9.17) is 4.74 Å². The molecule has 96 valence electrons. The zero-order chi connectivity index (χ0) is 12.5. The van der Waals surface area contributed by atoms with Crippen LogP contribution in [0.4, 0.5) is 5.82 Å². The van der Waals surface area contributed by atoms with Gasteiger partial charge in [-0.2, -0.15) is 0 Å². The third-order valence-electron chi connectivity index (χ3n) is 2.44. The fourth-order valence-corrected chi connectivity index (χ4v) is 1.57. The van der Waals surface area contributed by atoms with Gasteiger partial charge in [0, 0.05) is 32.4 Å². The van der Waals surface area contributed by atoms with E-state index in [1.165, 1.54) is 0 Å². The van der Waals surface area contributed by atoms with Gasteiger partial charge in [0.15, 0.2) is 0 Å². The van der Waals surface area contributed by atoms with Gasteiger partial charge in [0.05, 0.1) is 18.5 Å². The minimum Gasteiger partial charge on any atom is -0.380 e. The second-order valence-corrected chi connectivity index (χ2v) is 3.68. The Bertz CT molecular complexity index is 319. The number of nitrogens with one attached hydrogen (secondary N) is 1. The molecule has 0 atom stereocenters. The molecule has 1 aromatic heterocycles. The maximum atomic E-state index is 5.36. The van der Waals surface area contributed by atoms with Gasteiger partial charge >= 0.3 is 0 Å². The van der Waals surface area contributed by atoms with Gasteiger partial charge in [-0.05, 0) is 20.9 Å². The summed E-state index contributed by atoms with van der Waals surface area (Å²) in [6, 6.07) is 0. The predicted octanol–water partition coefficient (Wildman–Crippen LogP) is 1.06. The van der Waals surface area contributed by atoms with Crippen LogP contribution in [0.25, 0.3) is 0 Å². The molecule has 0 saturated heterocycles. The lowest BCUT2D eigenvalue weighted by Gasteiger charge is -2.21. The summed E-state index contributed by atoms with van der Waals surface area (Å²) in [5, 5.41) is 3.07. The average Bonchev–Trinajstić information content (AvgIpc) is 2.35. The van der Waals surface area contributed by atoms with Gasteiger partial charge in [-0.25, -0.2) is 4.98 Å². The highest BCUT2D eigenvalue weighted by molar-refractivity contribution is 5.35. The van der Waals surface area contributed by atoms with E-state index in [1.807, 2.05) is 14.0 Å². The summed E-state index contributed by atoms with van der Waals surface area (Å²) in [4.78, 5) is 10.9. The van der Waals surface area contributed by atoms with Crippen LogP contribution in [0.1, 0.15) is 19.5 Å². The van der Waals surface area contributed by atoms with Gasteiger partial charge in [-0.15, -0.1) is 0 Å². The van der Waals surface area contributed by atoms with Crippen molar-refractivity contribution in [2.24, 2.45) is 0 Å². The second kappa shape index (κ2) is 7.97. The number of anilines is 1. The van der Waals surface area contributed by atoms with Crippen LogP contribution in [0.3, 0.4) is 0 Å². The van der Waals surface area contributed by atoms with E-state index in [0.29, 0.717) is 0 Å². The van der Waals surface area contributed by atoms with Crippen LogP contribution in [0.15, 0.2) is 12.4 Å². The Hall–Kier alpha value is -1.20. The van der Waals surface area contributed by atoms with Crippen molar-refractivity contribution in [1.82, 2.24) is 15.3 Å². The van der Waals surface area contributed by atoms with Gasteiger partial charge in [0.1, 0.15) is 5.82 Å². The first kappa shape index (κ1) is 13.9. The zero-order valence-electron chi connectivity index (χ0n) is 10.9. The molecule has 1 aromatic rings. The maximum absolute atomic E-state index is 5.36. The lowest BCUT2D eigenvalue weighted by atomic mass is 10.4. The minimum atomic E-state index is 0.724. The Morgan fingerprint density at radius 1 is 1.35 bits per heavy atom. The highest BCUT2D eigenvalue weighted by Gasteiger charge is 2.06. The smallest absolute Gasteiger partial charge is 0.147 e. The molecule has 0 fully saturated rings. The summed E-state index contributed by atoms with van der Waals surface area (Å²) in [6.07, 6.45) is 3.59. The number of nitrogens with zero attached hydrogens (tertiary/aromatic N) is 3. The zero-order valence-corrected chi connectivity index (χ0v) is 10.9. The van der Waals surface area contributed by atoms with E-state index >= 15 is 0 Å². The number of hydrogen-bond donors (Lipinski definition) is 1. The molecule has 0 amide bonds. The SMILES string of the molecule is CCOCCN(CC)c1cncc(CNC)n1. The number of aromatic nitrogens is 2. The monoisotopic (exact) mass is 238 g/mol. The van der Waals surface area contributed by atoms with Crippen LogP contribution in [0.2, 0.25) is 0 Å². The first-order valence-corrected chi connectivity index (χ1v) is 6.10. The van der Waals surface area contributed by atoms with Crippen LogP contribution in [-0.4, -0.2) is 43.3 Å². The fourth-order valence-electron chi connectivity index (χ4n) is 1.57. The number of ether oxygens (including phenoxy) is 1. The van der Waals surface area contributed by atoms with Crippen molar-refractivity contribution in [3.63, 3.8) is 0 Å². The third kappa shape index (κ3) is 4.66. The van der Waals surface area contributed by atoms with Crippen molar-refractivity contribution in [3.8, 4) is 0 Å². The summed E-state index contributed by atoms with van der Waals surface area (Å²) in [6.45, 7) is 8.09. The van der Waals surface area contributed by atoms with Crippen LogP contribution in [0, 0.1) is 0 Å². The van der Waals surface area contributed by atoms with E-state index in [9.17, 15) is 0 Å². The molecule has 5 nitrogen and oxygen atoms in total. The van der Waals surface area contributed by atoms with E-state index in [0.717, 1.165) is 44.4 Å². The summed E-state index contributed by atoms with van der Waals surface area (Å²) in [5.41, 5.74) is 0.958. The third-order valence-corrected chi connectivity index (χ3v) is 2.44. The molecule has 1 heterocycles. The molecule has 17 heavy (non-hydrogen) atoms. The Labute approximate surface area is 103 Å². The lowest BCUT2D eigenvalue weighted by Crippen LogP contribution is -2.28. The quantitative estimate of drug-likeness (QED) is 0.686. The van der Waals surface area contributed by atoms with E-state index in [2.05, 4.69) is 27.1 Å². The molecule has 0 aromatic carbocycles. The molecule has 1 N–H and O–H groups in total. The molecule has 0 aliphatic heterocycles. The first-order valence-electron chi connectivity index (χ1n) is 6.10. The van der Waals surface area contributed by atoms with E-state index in [-0.39, 0.29) is 0 Å². The molecule has 1 rings (SSSR count). The van der Waals surface area contributed by atoms with E-state index in [1.54, 1.807) is 12.4 Å². The normalized spacial score (nSPS) is 10.5. The molecule has 5 heteroatoms. The molecule has 0 aliphatic rings. The summed E-state index contributed by atoms with van der Waals surface area (Å²) >= 11 is 0. The van der Waals surface area contributed by atoms with Crippen molar-refractivity contribution in [1.29, 1.82) is 0 Å². The van der Waals surface area contributed by atoms with Gasteiger partial charge < -0.3 is 15.0 Å². The number of rotatable bonds is 8. The van der Waals surface area contributed by atoms with Crippen LogP contribution in [-0.2, 0) is 11.3 Å². The highest BCUT2D eigenvalue weighted by atomic mass is 16.5. The van der Waals surface area contributed by atoms with Crippen molar-refractivity contribution in [3.05, 3.63) is 18.1 Å². The fraction of sp³-hybridized carbons (Fsp3) is 0.667. The van der Waals surface area contributed by atoms with Crippen molar-refractivity contribution < 1.29 is 4.74 Å². The van der Waals surface area contributed by atoms with Crippen molar-refractivity contribution in [2.45, 2.75) is 20.4 Å². The highest BCUT2D eigenvalue weighted by Crippen LogP contribution is 2.09. The van der Waals surface area contributed by atoms with Crippen molar-refractivity contribution in [2.75, 3.05) is 38.3 Å². The summed E-state index contributed by atoms with van der Waals surface area (Å²) < 4.78 is 5.36. The topological polar surface area (TPSA) is 50.3 Å². The van der Waals surface area contributed by atoms with Gasteiger partial charge in [-0.1, -0.05) is 0 Å². The minimum absolute atomic E-state index is 0.724. The van der Waals surface area contributed by atoms with Crippen LogP contribution < -0.4 is 10.2 Å². The lowest BCUT2D eigenvalue weighted by molar-refractivity contribution is 0.154. The Morgan fingerprint density at radius 3 is 2.82 bits per heavy atom. The molecule has 0 saturated carbocycles. The Morgan fingerprint density at radius 2 is 2.18 bits per heavy atom. The molecule has 0 bridgehead atoms. The van der Waals surface area contributed by atoms with Crippen LogP contribution >= 0.6 is 0 Å².